The van der Waals surface area contributed by atoms with Gasteiger partial charge in [-0.25, -0.2) is 4.57 Å². The molecule has 1 aliphatic rings. The van der Waals surface area contributed by atoms with Crippen LogP contribution in [0.5, 0.6) is 11.5 Å². The molecule has 1 aromatic carbocycles. The summed E-state index contributed by atoms with van der Waals surface area (Å²) in [6.45, 7) is 4.13. The molecular weight excluding hydrogens is 358 g/mol. The van der Waals surface area contributed by atoms with Crippen LogP contribution in [0, 0.1) is 0 Å². The normalized spacial score (nSPS) is 17.0. The van der Waals surface area contributed by atoms with Crippen molar-refractivity contribution >= 4 is 12.2 Å². The fraction of sp³-hybridized carbons (Fsp3) is 0.409. The number of ether oxygens (including phenoxy) is 5. The van der Waals surface area contributed by atoms with Crippen LogP contribution in [-0.4, -0.2) is 52.9 Å². The van der Waals surface area contributed by atoms with Crippen molar-refractivity contribution < 1.29 is 28.3 Å². The fourth-order valence-corrected chi connectivity index (χ4v) is 2.71. The molecule has 0 radical (unpaired) electrons. The SMILES string of the molecule is C[n+]1ccccc1/C=C/c1ccc2c(c1)OCCOCCOCCOCCO2. The van der Waals surface area contributed by atoms with Gasteiger partial charge in [0, 0.05) is 18.2 Å². The largest absolute Gasteiger partial charge is 0.487 e. The van der Waals surface area contributed by atoms with Crippen molar-refractivity contribution in [2.45, 2.75) is 0 Å². The van der Waals surface area contributed by atoms with Gasteiger partial charge in [0.25, 0.3) is 0 Å². The highest BCUT2D eigenvalue weighted by molar-refractivity contribution is 5.68. The second-order valence-corrected chi connectivity index (χ2v) is 6.31. The zero-order valence-corrected chi connectivity index (χ0v) is 16.3. The van der Waals surface area contributed by atoms with Gasteiger partial charge in [-0.05, 0) is 29.8 Å². The molecule has 6 nitrogen and oxygen atoms in total. The van der Waals surface area contributed by atoms with Crippen molar-refractivity contribution in [3.8, 4) is 11.5 Å². The first-order valence-electron chi connectivity index (χ1n) is 9.58. The Bertz CT molecular complexity index is 762. The van der Waals surface area contributed by atoms with Gasteiger partial charge >= 0.3 is 0 Å². The molecular formula is C22H28NO5+. The molecule has 150 valence electrons. The fourth-order valence-electron chi connectivity index (χ4n) is 2.71. The van der Waals surface area contributed by atoms with Crippen LogP contribution in [0.1, 0.15) is 11.3 Å². The van der Waals surface area contributed by atoms with E-state index in [1.165, 1.54) is 0 Å². The third-order valence-electron chi connectivity index (χ3n) is 4.22. The Morgan fingerprint density at radius 3 is 2.04 bits per heavy atom. The molecule has 0 unspecified atom stereocenters. The number of benzene rings is 1. The lowest BCUT2D eigenvalue weighted by Crippen LogP contribution is -2.30. The molecule has 0 aliphatic carbocycles. The van der Waals surface area contributed by atoms with E-state index < -0.39 is 0 Å². The third-order valence-corrected chi connectivity index (χ3v) is 4.22. The summed E-state index contributed by atoms with van der Waals surface area (Å²) in [6, 6.07) is 12.0. The topological polar surface area (TPSA) is 50.0 Å². The standard InChI is InChI=1S/C22H28NO5/c1-23-9-3-2-4-20(23)7-5-19-6-8-21-22(18-19)28-17-15-26-13-11-24-10-12-25-14-16-27-21/h2-9,18H,10-17H2,1H3/q+1/b7-5+. The van der Waals surface area contributed by atoms with E-state index in [-0.39, 0.29) is 0 Å². The molecule has 0 saturated carbocycles. The molecule has 0 N–H and O–H groups in total. The number of hydrogen-bond donors (Lipinski definition) is 0. The Labute approximate surface area is 166 Å². The Morgan fingerprint density at radius 1 is 0.714 bits per heavy atom. The molecule has 0 saturated heterocycles. The summed E-state index contributed by atoms with van der Waals surface area (Å²) in [5, 5.41) is 0. The van der Waals surface area contributed by atoms with Crippen LogP contribution < -0.4 is 14.0 Å². The van der Waals surface area contributed by atoms with Gasteiger partial charge < -0.3 is 23.7 Å². The van der Waals surface area contributed by atoms with Crippen LogP contribution in [-0.2, 0) is 21.3 Å². The van der Waals surface area contributed by atoms with Crippen LogP contribution in [0.15, 0.2) is 42.6 Å². The summed E-state index contributed by atoms with van der Waals surface area (Å²) < 4.78 is 30.3. The first-order chi connectivity index (χ1) is 13.8. The number of aryl methyl sites for hydroxylation is 1. The Balaban J connectivity index is 1.70. The van der Waals surface area contributed by atoms with Crippen molar-refractivity contribution in [1.29, 1.82) is 0 Å². The molecule has 0 bridgehead atoms. The molecule has 28 heavy (non-hydrogen) atoms. The maximum Gasteiger partial charge on any atom is 0.204 e. The van der Waals surface area contributed by atoms with Gasteiger partial charge in [-0.1, -0.05) is 6.07 Å². The molecule has 6 heteroatoms. The molecule has 1 aromatic heterocycles. The van der Waals surface area contributed by atoms with Crippen LogP contribution in [0.4, 0.5) is 0 Å². The number of aromatic nitrogens is 1. The van der Waals surface area contributed by atoms with Gasteiger partial charge in [0.1, 0.15) is 20.3 Å². The maximum atomic E-state index is 5.91. The Morgan fingerprint density at radius 2 is 1.36 bits per heavy atom. The summed E-state index contributed by atoms with van der Waals surface area (Å²) in [4.78, 5) is 0. The number of rotatable bonds is 2. The third kappa shape index (κ3) is 6.64. The Kier molecular flexibility index (Phi) is 8.30. The predicted octanol–water partition coefficient (Wildman–Crippen LogP) is 2.50. The second-order valence-electron chi connectivity index (χ2n) is 6.31. The van der Waals surface area contributed by atoms with E-state index in [9.17, 15) is 0 Å². The van der Waals surface area contributed by atoms with E-state index >= 15 is 0 Å². The van der Waals surface area contributed by atoms with E-state index in [0.717, 1.165) is 11.3 Å². The van der Waals surface area contributed by atoms with Crippen LogP contribution >= 0.6 is 0 Å². The van der Waals surface area contributed by atoms with Gasteiger partial charge in [0.2, 0.25) is 5.69 Å². The molecule has 2 aromatic rings. The Hall–Kier alpha value is -2.41. The lowest BCUT2D eigenvalue weighted by atomic mass is 10.1. The highest BCUT2D eigenvalue weighted by atomic mass is 16.6. The van der Waals surface area contributed by atoms with Gasteiger partial charge in [-0.3, -0.25) is 0 Å². The average molecular weight is 386 g/mol. The molecule has 0 spiro atoms. The first kappa shape index (κ1) is 20.3. The minimum atomic E-state index is 0.452. The molecule has 0 fully saturated rings. The average Bonchev–Trinajstić information content (AvgIpc) is 2.72. The van der Waals surface area contributed by atoms with Crippen molar-refractivity contribution in [3.05, 3.63) is 53.9 Å². The summed E-state index contributed by atoms with van der Waals surface area (Å²) in [6.07, 6.45) is 6.16. The van der Waals surface area contributed by atoms with E-state index in [1.54, 1.807) is 0 Å². The van der Waals surface area contributed by atoms with Crippen LogP contribution in [0.2, 0.25) is 0 Å². The molecule has 2 heterocycles. The lowest BCUT2D eigenvalue weighted by molar-refractivity contribution is -0.673. The molecule has 0 atom stereocenters. The van der Waals surface area contributed by atoms with E-state index in [0.29, 0.717) is 64.4 Å². The van der Waals surface area contributed by atoms with Gasteiger partial charge in [-0.2, -0.15) is 0 Å². The first-order valence-corrected chi connectivity index (χ1v) is 9.58. The highest BCUT2D eigenvalue weighted by Gasteiger charge is 2.08. The number of hydrogen-bond acceptors (Lipinski definition) is 5. The minimum Gasteiger partial charge on any atom is -0.487 e. The quantitative estimate of drug-likeness (QED) is 0.743. The molecule has 1 aliphatic heterocycles. The monoisotopic (exact) mass is 386 g/mol. The van der Waals surface area contributed by atoms with E-state index in [2.05, 4.69) is 22.8 Å². The van der Waals surface area contributed by atoms with Crippen LogP contribution in [0.3, 0.4) is 0 Å². The second kappa shape index (κ2) is 11.4. The summed E-state index contributed by atoms with van der Waals surface area (Å²) in [5.74, 6) is 1.41. The van der Waals surface area contributed by atoms with Crippen LogP contribution in [0.25, 0.3) is 12.2 Å². The zero-order valence-electron chi connectivity index (χ0n) is 16.3. The number of fused-ring (bicyclic) bond motifs is 1. The summed E-state index contributed by atoms with van der Waals surface area (Å²) in [5.41, 5.74) is 2.15. The van der Waals surface area contributed by atoms with E-state index in [1.807, 2.05) is 43.6 Å². The summed E-state index contributed by atoms with van der Waals surface area (Å²) >= 11 is 0. The molecule has 3 rings (SSSR count). The number of pyridine rings is 1. The minimum absolute atomic E-state index is 0.452. The predicted molar refractivity (Wildman–Crippen MR) is 106 cm³/mol. The van der Waals surface area contributed by atoms with Gasteiger partial charge in [0.15, 0.2) is 17.7 Å². The van der Waals surface area contributed by atoms with Crippen molar-refractivity contribution in [2.75, 3.05) is 52.9 Å². The highest BCUT2D eigenvalue weighted by Crippen LogP contribution is 2.29. The summed E-state index contributed by atoms with van der Waals surface area (Å²) in [7, 11) is 2.02. The smallest absolute Gasteiger partial charge is 0.204 e. The van der Waals surface area contributed by atoms with Crippen molar-refractivity contribution in [1.82, 2.24) is 0 Å². The molecule has 0 amide bonds. The van der Waals surface area contributed by atoms with Crippen molar-refractivity contribution in [3.63, 3.8) is 0 Å². The van der Waals surface area contributed by atoms with Gasteiger partial charge in [-0.15, -0.1) is 0 Å². The van der Waals surface area contributed by atoms with Gasteiger partial charge in [0.05, 0.1) is 39.6 Å². The number of nitrogens with zero attached hydrogens (tertiary/aromatic N) is 1. The van der Waals surface area contributed by atoms with Crippen molar-refractivity contribution in [2.24, 2.45) is 7.05 Å². The van der Waals surface area contributed by atoms with E-state index in [4.69, 9.17) is 23.7 Å². The lowest BCUT2D eigenvalue weighted by Gasteiger charge is -2.13. The maximum absolute atomic E-state index is 5.91. The zero-order chi connectivity index (χ0) is 19.4.